The van der Waals surface area contributed by atoms with Gasteiger partial charge in [-0.2, -0.15) is 0 Å². The minimum atomic E-state index is -0.552. The third-order valence-corrected chi connectivity index (χ3v) is 3.13. The van der Waals surface area contributed by atoms with Crippen molar-refractivity contribution in [2.75, 3.05) is 6.54 Å². The minimum absolute atomic E-state index is 0.272. The normalized spacial score (nSPS) is 14.6. The van der Waals surface area contributed by atoms with E-state index in [2.05, 4.69) is 6.92 Å². The van der Waals surface area contributed by atoms with Gasteiger partial charge >= 0.3 is 0 Å². The maximum Gasteiger partial charge on any atom is 0.126 e. The smallest absolute Gasteiger partial charge is 0.126 e. The Kier molecular flexibility index (Phi) is 6.16. The van der Waals surface area contributed by atoms with Crippen molar-refractivity contribution < 1.29 is 9.50 Å². The lowest BCUT2D eigenvalue weighted by Gasteiger charge is -2.22. The molecule has 3 N–H and O–H groups in total. The van der Waals surface area contributed by atoms with Gasteiger partial charge in [0, 0.05) is 12.5 Å². The molecule has 0 aliphatic rings. The van der Waals surface area contributed by atoms with Crippen LogP contribution in [0.3, 0.4) is 0 Å². The first kappa shape index (κ1) is 14.1. The highest BCUT2D eigenvalue weighted by Crippen LogP contribution is 2.24. The van der Waals surface area contributed by atoms with Crippen molar-refractivity contribution in [3.05, 3.63) is 35.6 Å². The Bertz CT molecular complexity index is 330. The number of hydrogen-bond donors (Lipinski definition) is 2. The Morgan fingerprint density at radius 1 is 1.29 bits per heavy atom. The summed E-state index contributed by atoms with van der Waals surface area (Å²) < 4.78 is 13.6. The molecule has 0 aromatic heterocycles. The van der Waals surface area contributed by atoms with Gasteiger partial charge in [-0.3, -0.25) is 0 Å². The van der Waals surface area contributed by atoms with Crippen molar-refractivity contribution in [1.29, 1.82) is 0 Å². The molecule has 0 bridgehead atoms. The van der Waals surface area contributed by atoms with E-state index in [1.807, 2.05) is 0 Å². The van der Waals surface area contributed by atoms with Crippen LogP contribution >= 0.6 is 0 Å². The third kappa shape index (κ3) is 4.10. The second-order valence-corrected chi connectivity index (χ2v) is 4.43. The summed E-state index contributed by atoms with van der Waals surface area (Å²) in [5, 5.41) is 10.1. The van der Waals surface area contributed by atoms with E-state index in [-0.39, 0.29) is 18.3 Å². The lowest BCUT2D eigenvalue weighted by atomic mass is 9.90. The summed E-state index contributed by atoms with van der Waals surface area (Å²) in [6, 6.07) is 6.54. The molecule has 2 unspecified atom stereocenters. The highest BCUT2D eigenvalue weighted by molar-refractivity contribution is 5.23. The van der Waals surface area contributed by atoms with E-state index in [1.54, 1.807) is 18.2 Å². The van der Waals surface area contributed by atoms with Crippen LogP contribution in [0.5, 0.6) is 0 Å². The number of halogens is 1. The molecule has 0 radical (unpaired) electrons. The van der Waals surface area contributed by atoms with Crippen molar-refractivity contribution >= 4 is 0 Å². The van der Waals surface area contributed by atoms with Crippen LogP contribution in [0.4, 0.5) is 4.39 Å². The zero-order valence-electron chi connectivity index (χ0n) is 10.4. The number of nitrogens with two attached hydrogens (primary N) is 1. The van der Waals surface area contributed by atoms with E-state index >= 15 is 0 Å². The summed E-state index contributed by atoms with van der Waals surface area (Å²) >= 11 is 0. The topological polar surface area (TPSA) is 46.2 Å². The summed E-state index contributed by atoms with van der Waals surface area (Å²) in [6.07, 6.45) is 3.29. The second-order valence-electron chi connectivity index (χ2n) is 4.43. The molecule has 0 amide bonds. The van der Waals surface area contributed by atoms with E-state index in [0.29, 0.717) is 12.0 Å². The summed E-state index contributed by atoms with van der Waals surface area (Å²) in [7, 11) is 0. The number of aliphatic hydroxyl groups excluding tert-OH is 1. The number of hydrogen-bond acceptors (Lipinski definition) is 2. The molecule has 1 aromatic carbocycles. The number of benzene rings is 1. The van der Waals surface area contributed by atoms with Gasteiger partial charge in [-0.25, -0.2) is 4.39 Å². The van der Waals surface area contributed by atoms with Crippen LogP contribution in [0.1, 0.15) is 44.1 Å². The molecule has 0 aliphatic heterocycles. The van der Waals surface area contributed by atoms with E-state index in [4.69, 9.17) is 5.73 Å². The van der Waals surface area contributed by atoms with Gasteiger partial charge < -0.3 is 10.8 Å². The Hall–Kier alpha value is -0.930. The molecule has 0 saturated heterocycles. The van der Waals surface area contributed by atoms with Gasteiger partial charge in [-0.05, 0) is 18.1 Å². The summed E-state index contributed by atoms with van der Waals surface area (Å²) in [4.78, 5) is 0. The first-order valence-corrected chi connectivity index (χ1v) is 6.33. The summed E-state index contributed by atoms with van der Waals surface area (Å²) in [5.74, 6) is -0.578. The number of rotatable bonds is 7. The van der Waals surface area contributed by atoms with Crippen molar-refractivity contribution in [3.8, 4) is 0 Å². The lowest BCUT2D eigenvalue weighted by molar-refractivity contribution is 0.131. The Morgan fingerprint density at radius 3 is 2.59 bits per heavy atom. The molecule has 17 heavy (non-hydrogen) atoms. The van der Waals surface area contributed by atoms with E-state index in [9.17, 15) is 9.50 Å². The highest BCUT2D eigenvalue weighted by atomic mass is 19.1. The van der Waals surface area contributed by atoms with Crippen LogP contribution < -0.4 is 5.73 Å². The average Bonchev–Trinajstić information content (AvgIpc) is 2.33. The monoisotopic (exact) mass is 239 g/mol. The molecule has 3 heteroatoms. The van der Waals surface area contributed by atoms with E-state index < -0.39 is 6.10 Å². The number of aliphatic hydroxyl groups is 1. The summed E-state index contributed by atoms with van der Waals surface area (Å²) in [5.41, 5.74) is 6.18. The first-order valence-electron chi connectivity index (χ1n) is 6.33. The minimum Gasteiger partial charge on any atom is -0.392 e. The predicted octanol–water partition coefficient (Wildman–Crippen LogP) is 2.81. The van der Waals surface area contributed by atoms with Crippen LogP contribution in [-0.2, 0) is 0 Å². The quantitative estimate of drug-likeness (QED) is 0.719. The van der Waals surface area contributed by atoms with Crippen LogP contribution in [0.2, 0.25) is 0 Å². The third-order valence-electron chi connectivity index (χ3n) is 3.13. The fraction of sp³-hybridized carbons (Fsp3) is 0.571. The molecule has 0 saturated carbocycles. The van der Waals surface area contributed by atoms with Crippen LogP contribution in [0, 0.1) is 5.82 Å². The zero-order valence-corrected chi connectivity index (χ0v) is 10.4. The lowest BCUT2D eigenvalue weighted by Crippen LogP contribution is -2.26. The van der Waals surface area contributed by atoms with Crippen molar-refractivity contribution in [2.24, 2.45) is 5.73 Å². The average molecular weight is 239 g/mol. The molecular weight excluding hydrogens is 217 g/mol. The highest BCUT2D eigenvalue weighted by Gasteiger charge is 2.21. The van der Waals surface area contributed by atoms with Gasteiger partial charge in [0.1, 0.15) is 5.82 Å². The van der Waals surface area contributed by atoms with Crippen molar-refractivity contribution in [3.63, 3.8) is 0 Å². The van der Waals surface area contributed by atoms with Gasteiger partial charge in [0.2, 0.25) is 0 Å². The molecule has 96 valence electrons. The van der Waals surface area contributed by atoms with E-state index in [0.717, 1.165) is 19.3 Å². The predicted molar refractivity (Wildman–Crippen MR) is 68.3 cm³/mol. The molecular formula is C14H22FNO. The van der Waals surface area contributed by atoms with E-state index in [1.165, 1.54) is 6.07 Å². The van der Waals surface area contributed by atoms with Crippen LogP contribution in [0.15, 0.2) is 24.3 Å². The molecule has 1 rings (SSSR count). The van der Waals surface area contributed by atoms with Crippen molar-refractivity contribution in [2.45, 2.75) is 44.6 Å². The van der Waals surface area contributed by atoms with Gasteiger partial charge in [0.25, 0.3) is 0 Å². The van der Waals surface area contributed by atoms with Gasteiger partial charge in [-0.15, -0.1) is 0 Å². The summed E-state index contributed by atoms with van der Waals surface area (Å²) in [6.45, 7) is 2.39. The molecule has 2 nitrogen and oxygen atoms in total. The maximum atomic E-state index is 13.6. The van der Waals surface area contributed by atoms with Gasteiger partial charge in [-0.1, -0.05) is 44.4 Å². The van der Waals surface area contributed by atoms with Crippen LogP contribution in [0.25, 0.3) is 0 Å². The molecule has 0 fully saturated rings. The van der Waals surface area contributed by atoms with Crippen molar-refractivity contribution in [1.82, 2.24) is 0 Å². The van der Waals surface area contributed by atoms with Gasteiger partial charge in [0.05, 0.1) is 6.10 Å². The Labute approximate surface area is 103 Å². The molecule has 0 heterocycles. The maximum absolute atomic E-state index is 13.6. The molecule has 0 aliphatic carbocycles. The molecule has 2 atom stereocenters. The largest absolute Gasteiger partial charge is 0.392 e. The Morgan fingerprint density at radius 2 is 2.00 bits per heavy atom. The molecule has 0 spiro atoms. The standard InChI is InChI=1S/C14H22FNO/c1-2-3-4-9-14(17)12(10-16)11-7-5-6-8-13(11)15/h5-8,12,14,17H,2-4,9-10,16H2,1H3. The second kappa shape index (κ2) is 7.41. The van der Waals surface area contributed by atoms with Gasteiger partial charge in [0.15, 0.2) is 0 Å². The fourth-order valence-corrected chi connectivity index (χ4v) is 2.07. The first-order chi connectivity index (χ1) is 8.20. The SMILES string of the molecule is CCCCCC(O)C(CN)c1ccccc1F. The Balaban J connectivity index is 2.67. The fourth-order valence-electron chi connectivity index (χ4n) is 2.07. The molecule has 1 aromatic rings. The zero-order chi connectivity index (χ0) is 12.7. The van der Waals surface area contributed by atoms with Crippen LogP contribution in [-0.4, -0.2) is 17.8 Å². The number of unbranched alkanes of at least 4 members (excludes halogenated alkanes) is 2.